The molecule has 1 aromatic heterocycles. The number of ether oxygens (including phenoxy) is 1. The van der Waals surface area contributed by atoms with E-state index in [0.29, 0.717) is 0 Å². The largest absolute Gasteiger partial charge is 0.479 e. The summed E-state index contributed by atoms with van der Waals surface area (Å²) in [6, 6.07) is 1.05. The van der Waals surface area contributed by atoms with Gasteiger partial charge in [-0.1, -0.05) is 0 Å². The molecule has 1 saturated heterocycles. The van der Waals surface area contributed by atoms with E-state index in [0.717, 1.165) is 12.3 Å². The van der Waals surface area contributed by atoms with Crippen LogP contribution >= 0.6 is 0 Å². The number of H-pyrrole nitrogens is 1. The second kappa shape index (κ2) is 4.57. The lowest BCUT2D eigenvalue weighted by molar-refractivity contribution is -0.144. The van der Waals surface area contributed by atoms with Crippen molar-refractivity contribution in [1.29, 1.82) is 0 Å². The Morgan fingerprint density at radius 1 is 1.56 bits per heavy atom. The van der Waals surface area contributed by atoms with Gasteiger partial charge >= 0.3 is 5.97 Å². The minimum atomic E-state index is -1.43. The summed E-state index contributed by atoms with van der Waals surface area (Å²) >= 11 is 0. The van der Waals surface area contributed by atoms with Crippen molar-refractivity contribution < 1.29 is 19.4 Å². The zero-order valence-electron chi connectivity index (χ0n) is 9.30. The van der Waals surface area contributed by atoms with E-state index in [-0.39, 0.29) is 25.2 Å². The van der Waals surface area contributed by atoms with E-state index in [4.69, 9.17) is 9.84 Å². The van der Waals surface area contributed by atoms with Crippen LogP contribution < -0.4 is 10.9 Å². The Kier molecular flexibility index (Phi) is 3.11. The van der Waals surface area contributed by atoms with Gasteiger partial charge in [0.1, 0.15) is 0 Å². The quantitative estimate of drug-likeness (QED) is 0.618. The molecular weight excluding hydrogens is 242 g/mol. The first-order valence-corrected chi connectivity index (χ1v) is 5.22. The molecule has 0 radical (unpaired) electrons. The maximum Gasteiger partial charge on any atom is 0.331 e. The topological polar surface area (TPSA) is 121 Å². The number of rotatable bonds is 3. The molecule has 0 aromatic carbocycles. The van der Waals surface area contributed by atoms with Crippen molar-refractivity contribution in [3.8, 4) is 0 Å². The molecule has 1 aliphatic rings. The van der Waals surface area contributed by atoms with E-state index in [1.54, 1.807) is 0 Å². The molecule has 1 atom stereocenters. The zero-order chi connectivity index (χ0) is 13.2. The number of aliphatic carboxylic acids is 1. The molecule has 18 heavy (non-hydrogen) atoms. The first-order chi connectivity index (χ1) is 8.53. The molecule has 1 unspecified atom stereocenters. The number of carbonyl (C=O) groups excluding carboxylic acids is 1. The van der Waals surface area contributed by atoms with E-state index in [1.165, 1.54) is 0 Å². The lowest BCUT2D eigenvalue weighted by Gasteiger charge is -2.23. The number of hydrogen-bond acceptors (Lipinski definition) is 5. The lowest BCUT2D eigenvalue weighted by Crippen LogP contribution is -2.55. The Hall–Kier alpha value is -2.22. The van der Waals surface area contributed by atoms with Crippen LogP contribution in [0.25, 0.3) is 0 Å². The number of aromatic amines is 1. The van der Waals surface area contributed by atoms with Gasteiger partial charge in [-0.25, -0.2) is 9.89 Å². The van der Waals surface area contributed by atoms with Crippen LogP contribution in [0.15, 0.2) is 17.1 Å². The molecule has 0 spiro atoms. The van der Waals surface area contributed by atoms with Crippen LogP contribution in [0.4, 0.5) is 0 Å². The summed E-state index contributed by atoms with van der Waals surface area (Å²) < 4.78 is 5.00. The fourth-order valence-corrected chi connectivity index (χ4v) is 1.68. The molecule has 1 amide bonds. The van der Waals surface area contributed by atoms with Crippen molar-refractivity contribution in [2.45, 2.75) is 12.0 Å². The first kappa shape index (κ1) is 12.2. The second-order valence-electron chi connectivity index (χ2n) is 3.98. The molecule has 0 aliphatic carbocycles. The van der Waals surface area contributed by atoms with Gasteiger partial charge in [-0.15, -0.1) is 0 Å². The van der Waals surface area contributed by atoms with Crippen molar-refractivity contribution in [2.75, 3.05) is 13.2 Å². The van der Waals surface area contributed by atoms with Crippen molar-refractivity contribution in [1.82, 2.24) is 15.5 Å². The summed E-state index contributed by atoms with van der Waals surface area (Å²) in [7, 11) is 0. The van der Waals surface area contributed by atoms with E-state index in [9.17, 15) is 14.4 Å². The summed E-state index contributed by atoms with van der Waals surface area (Å²) in [6.07, 6.45) is 1.34. The predicted octanol–water partition coefficient (Wildman–Crippen LogP) is -1.26. The van der Waals surface area contributed by atoms with E-state index in [2.05, 4.69) is 15.5 Å². The number of carboxylic acids is 1. The maximum absolute atomic E-state index is 11.8. The maximum atomic E-state index is 11.8. The monoisotopic (exact) mass is 253 g/mol. The molecule has 0 saturated carbocycles. The van der Waals surface area contributed by atoms with Crippen LogP contribution in [0.1, 0.15) is 16.8 Å². The average molecular weight is 253 g/mol. The third kappa shape index (κ3) is 2.23. The third-order valence-corrected chi connectivity index (χ3v) is 2.71. The van der Waals surface area contributed by atoms with Gasteiger partial charge in [0.15, 0.2) is 5.54 Å². The number of aromatic nitrogens is 2. The van der Waals surface area contributed by atoms with Crippen molar-refractivity contribution >= 4 is 11.9 Å². The van der Waals surface area contributed by atoms with Crippen LogP contribution in [-0.4, -0.2) is 45.9 Å². The molecule has 2 heterocycles. The zero-order valence-corrected chi connectivity index (χ0v) is 9.30. The van der Waals surface area contributed by atoms with Crippen LogP contribution in [0.3, 0.4) is 0 Å². The summed E-state index contributed by atoms with van der Waals surface area (Å²) in [6.45, 7) is 0.172. The fourth-order valence-electron chi connectivity index (χ4n) is 1.68. The lowest BCUT2D eigenvalue weighted by atomic mass is 9.98. The number of nitrogens with one attached hydrogen (secondary N) is 2. The number of amides is 1. The van der Waals surface area contributed by atoms with Gasteiger partial charge in [0.2, 0.25) is 0 Å². The summed E-state index contributed by atoms with van der Waals surface area (Å²) in [5.74, 6) is -1.83. The number of nitrogens with zero attached hydrogens (tertiary/aromatic N) is 1. The Bertz CT molecular complexity index is 532. The Balaban J connectivity index is 2.20. The molecule has 1 fully saturated rings. The van der Waals surface area contributed by atoms with Gasteiger partial charge in [0, 0.05) is 19.1 Å². The van der Waals surface area contributed by atoms with Gasteiger partial charge < -0.3 is 15.2 Å². The van der Waals surface area contributed by atoms with Crippen molar-refractivity contribution in [2.24, 2.45) is 0 Å². The van der Waals surface area contributed by atoms with Gasteiger partial charge in [0.05, 0.1) is 18.4 Å². The molecular formula is C10H11N3O5. The fraction of sp³-hybridized carbons (Fsp3) is 0.400. The van der Waals surface area contributed by atoms with Crippen molar-refractivity contribution in [3.63, 3.8) is 0 Å². The van der Waals surface area contributed by atoms with Crippen molar-refractivity contribution in [3.05, 3.63) is 28.2 Å². The molecule has 96 valence electrons. The molecule has 3 N–H and O–H groups in total. The third-order valence-electron chi connectivity index (χ3n) is 2.71. The first-order valence-electron chi connectivity index (χ1n) is 5.22. The standard InChI is InChI=1S/C10H11N3O5/c14-7-3-6(4-11-13-7)8(15)12-10(9(16)17)1-2-18-5-10/h3-4H,1-2,5H2,(H,12,15)(H,13,14)(H,16,17). The summed E-state index contributed by atoms with van der Waals surface area (Å²) in [5, 5.41) is 17.1. The van der Waals surface area contributed by atoms with E-state index in [1.807, 2.05) is 0 Å². The Labute approximate surface area is 101 Å². The summed E-state index contributed by atoms with van der Waals surface area (Å²) in [4.78, 5) is 34.0. The van der Waals surface area contributed by atoms with Gasteiger partial charge in [-0.3, -0.25) is 9.59 Å². The second-order valence-corrected chi connectivity index (χ2v) is 3.98. The molecule has 1 aliphatic heterocycles. The number of carbonyl (C=O) groups is 2. The molecule has 1 aromatic rings. The highest BCUT2D eigenvalue weighted by atomic mass is 16.5. The van der Waals surface area contributed by atoms with Gasteiger partial charge in [0.25, 0.3) is 11.5 Å². The van der Waals surface area contributed by atoms with E-state index >= 15 is 0 Å². The number of carboxylic acid groups (broad SMARTS) is 1. The minimum absolute atomic E-state index is 0.00581. The number of hydrogen-bond donors (Lipinski definition) is 3. The minimum Gasteiger partial charge on any atom is -0.479 e. The van der Waals surface area contributed by atoms with Gasteiger partial charge in [-0.2, -0.15) is 5.10 Å². The van der Waals surface area contributed by atoms with Crippen LogP contribution in [-0.2, 0) is 9.53 Å². The molecule has 8 nitrogen and oxygen atoms in total. The smallest absolute Gasteiger partial charge is 0.331 e. The van der Waals surface area contributed by atoms with Crippen LogP contribution in [0.2, 0.25) is 0 Å². The van der Waals surface area contributed by atoms with E-state index < -0.39 is 23.0 Å². The molecule has 0 bridgehead atoms. The highest BCUT2D eigenvalue weighted by Gasteiger charge is 2.44. The predicted molar refractivity (Wildman–Crippen MR) is 58.1 cm³/mol. The normalized spacial score (nSPS) is 22.7. The summed E-state index contributed by atoms with van der Waals surface area (Å²) in [5.41, 5.74) is -1.96. The molecule has 8 heteroatoms. The van der Waals surface area contributed by atoms with Gasteiger partial charge in [-0.05, 0) is 0 Å². The highest BCUT2D eigenvalue weighted by Crippen LogP contribution is 2.19. The highest BCUT2D eigenvalue weighted by molar-refractivity contribution is 5.97. The van der Waals surface area contributed by atoms with Crippen LogP contribution in [0.5, 0.6) is 0 Å². The van der Waals surface area contributed by atoms with Crippen LogP contribution in [0, 0.1) is 0 Å². The molecule has 2 rings (SSSR count). The Morgan fingerprint density at radius 2 is 2.33 bits per heavy atom. The average Bonchev–Trinajstić information content (AvgIpc) is 2.79. The SMILES string of the molecule is O=C(NC1(C(=O)O)CCOC1)c1cn[nH]c(=O)c1. The Morgan fingerprint density at radius 3 is 2.89 bits per heavy atom.